The third-order valence-corrected chi connectivity index (χ3v) is 2.27. The molecule has 0 aliphatic carbocycles. The van der Waals surface area contributed by atoms with Crippen molar-refractivity contribution in [1.82, 2.24) is 0 Å². The lowest BCUT2D eigenvalue weighted by Crippen LogP contribution is -2.00. The quantitative estimate of drug-likeness (QED) is 0.834. The van der Waals surface area contributed by atoms with E-state index < -0.39 is 0 Å². The van der Waals surface area contributed by atoms with Gasteiger partial charge in [-0.05, 0) is 0 Å². The van der Waals surface area contributed by atoms with Crippen LogP contribution in [0, 0.1) is 0 Å². The van der Waals surface area contributed by atoms with Gasteiger partial charge in [0, 0.05) is 12.1 Å². The van der Waals surface area contributed by atoms with E-state index in [-0.39, 0.29) is 27.9 Å². The summed E-state index contributed by atoms with van der Waals surface area (Å²) in [6, 6.07) is 2.73. The lowest BCUT2D eigenvalue weighted by Gasteiger charge is -2.10. The molecule has 84 valence electrons. The highest BCUT2D eigenvalue weighted by Gasteiger charge is 2.17. The highest BCUT2D eigenvalue weighted by atomic mass is 16.5. The largest absolute Gasteiger partial charge is 0.504 e. The van der Waals surface area contributed by atoms with E-state index in [0.29, 0.717) is 5.75 Å². The Morgan fingerprint density at radius 1 is 1.31 bits per heavy atom. The summed E-state index contributed by atoms with van der Waals surface area (Å²) in [4.78, 5) is 11.6. The Kier molecular flexibility index (Phi) is 2.44. The molecule has 1 N–H and O–H groups in total. The number of methoxy groups -OCH3 is 2. The van der Waals surface area contributed by atoms with E-state index in [4.69, 9.17) is 13.9 Å². The number of aromatic hydroxyl groups is 1. The molecule has 0 aliphatic heterocycles. The summed E-state index contributed by atoms with van der Waals surface area (Å²) < 4.78 is 15.1. The number of phenolic OH excluding ortho intramolecular Hbond substituents is 1. The first kappa shape index (κ1) is 10.4. The Morgan fingerprint density at radius 2 is 2.06 bits per heavy atom. The second-order valence-electron chi connectivity index (χ2n) is 3.12. The molecule has 1 heterocycles. The number of rotatable bonds is 2. The second kappa shape index (κ2) is 3.77. The molecule has 0 saturated carbocycles. The summed E-state index contributed by atoms with van der Waals surface area (Å²) in [6.45, 7) is 0. The Morgan fingerprint density at radius 3 is 2.69 bits per heavy atom. The van der Waals surface area contributed by atoms with Crippen LogP contribution in [0.5, 0.6) is 17.2 Å². The molecule has 0 radical (unpaired) electrons. The van der Waals surface area contributed by atoms with Crippen LogP contribution in [-0.4, -0.2) is 19.3 Å². The molecular formula is C11H10O5. The van der Waals surface area contributed by atoms with Gasteiger partial charge in [-0.3, -0.25) is 4.79 Å². The first-order chi connectivity index (χ1) is 7.69. The molecule has 0 saturated heterocycles. The molecule has 0 unspecified atom stereocenters. The topological polar surface area (TPSA) is 68.9 Å². The normalized spacial score (nSPS) is 10.4. The molecule has 2 rings (SSSR count). The number of fused-ring (bicyclic) bond motifs is 1. The average Bonchev–Trinajstić information content (AvgIpc) is 2.28. The summed E-state index contributed by atoms with van der Waals surface area (Å²) in [5, 5.41) is 9.96. The van der Waals surface area contributed by atoms with Crippen molar-refractivity contribution in [3.8, 4) is 17.2 Å². The molecule has 0 aliphatic rings. The molecule has 5 nitrogen and oxygen atoms in total. The number of benzene rings is 1. The van der Waals surface area contributed by atoms with Gasteiger partial charge in [0.15, 0.2) is 16.9 Å². The van der Waals surface area contributed by atoms with Crippen LogP contribution in [0.25, 0.3) is 11.0 Å². The molecule has 0 atom stereocenters. The van der Waals surface area contributed by atoms with Crippen molar-refractivity contribution >= 4 is 11.0 Å². The molecule has 0 spiro atoms. The van der Waals surface area contributed by atoms with E-state index in [0.717, 1.165) is 0 Å². The van der Waals surface area contributed by atoms with E-state index in [2.05, 4.69) is 0 Å². The zero-order valence-corrected chi connectivity index (χ0v) is 8.81. The van der Waals surface area contributed by atoms with Crippen molar-refractivity contribution in [2.24, 2.45) is 0 Å². The van der Waals surface area contributed by atoms with Gasteiger partial charge < -0.3 is 19.0 Å². The maximum atomic E-state index is 11.6. The van der Waals surface area contributed by atoms with Gasteiger partial charge in [-0.1, -0.05) is 0 Å². The van der Waals surface area contributed by atoms with Crippen LogP contribution in [-0.2, 0) is 0 Å². The van der Waals surface area contributed by atoms with Gasteiger partial charge in [0.25, 0.3) is 0 Å². The van der Waals surface area contributed by atoms with Crippen molar-refractivity contribution in [3.63, 3.8) is 0 Å². The lowest BCUT2D eigenvalue weighted by atomic mass is 10.2. The van der Waals surface area contributed by atoms with Crippen LogP contribution in [0.1, 0.15) is 0 Å². The van der Waals surface area contributed by atoms with Crippen LogP contribution in [0.15, 0.2) is 27.6 Å². The molecule has 5 heteroatoms. The Hall–Kier alpha value is -2.17. The number of hydrogen-bond acceptors (Lipinski definition) is 5. The van der Waals surface area contributed by atoms with E-state index >= 15 is 0 Å². The summed E-state index contributed by atoms with van der Waals surface area (Å²) in [5.74, 6) is 0.154. The first-order valence-corrected chi connectivity index (χ1v) is 4.54. The highest BCUT2D eigenvalue weighted by molar-refractivity contribution is 5.88. The fourth-order valence-corrected chi connectivity index (χ4v) is 1.54. The second-order valence-corrected chi connectivity index (χ2v) is 3.12. The number of ether oxygens (including phenoxy) is 2. The molecule has 0 fully saturated rings. The van der Waals surface area contributed by atoms with Gasteiger partial charge >= 0.3 is 0 Å². The van der Waals surface area contributed by atoms with Crippen molar-refractivity contribution in [2.75, 3.05) is 14.2 Å². The average molecular weight is 222 g/mol. The van der Waals surface area contributed by atoms with Crippen LogP contribution < -0.4 is 14.9 Å². The van der Waals surface area contributed by atoms with Crippen molar-refractivity contribution in [3.05, 3.63) is 28.6 Å². The Balaban J connectivity index is 2.94. The van der Waals surface area contributed by atoms with Crippen molar-refractivity contribution in [2.45, 2.75) is 0 Å². The first-order valence-electron chi connectivity index (χ1n) is 4.54. The third-order valence-electron chi connectivity index (χ3n) is 2.27. The molecule has 1 aromatic heterocycles. The molecule has 0 amide bonds. The van der Waals surface area contributed by atoms with Gasteiger partial charge in [-0.15, -0.1) is 0 Å². The number of phenols is 1. The summed E-state index contributed by atoms with van der Waals surface area (Å²) in [5.41, 5.74) is -0.0812. The fraction of sp³-hybridized carbons (Fsp3) is 0.182. The van der Waals surface area contributed by atoms with Crippen molar-refractivity contribution in [1.29, 1.82) is 0 Å². The zero-order valence-electron chi connectivity index (χ0n) is 8.81. The molecule has 0 bridgehead atoms. The summed E-state index contributed by atoms with van der Waals surface area (Å²) in [6.07, 6.45) is 1.26. The van der Waals surface area contributed by atoms with E-state index in [1.807, 2.05) is 0 Å². The summed E-state index contributed by atoms with van der Waals surface area (Å²) in [7, 11) is 2.82. The van der Waals surface area contributed by atoms with E-state index in [1.54, 1.807) is 0 Å². The molecule has 1 aromatic carbocycles. The minimum Gasteiger partial charge on any atom is -0.504 e. The minimum atomic E-state index is -0.334. The van der Waals surface area contributed by atoms with Crippen LogP contribution in [0.4, 0.5) is 0 Å². The minimum absolute atomic E-state index is 0.0835. The van der Waals surface area contributed by atoms with E-state index in [1.165, 1.54) is 32.6 Å². The number of hydrogen-bond donors (Lipinski definition) is 1. The predicted molar refractivity (Wildman–Crippen MR) is 57.3 cm³/mol. The monoisotopic (exact) mass is 222 g/mol. The maximum absolute atomic E-state index is 11.6. The van der Waals surface area contributed by atoms with Gasteiger partial charge in [0.05, 0.1) is 20.5 Å². The van der Waals surface area contributed by atoms with E-state index in [9.17, 15) is 9.90 Å². The zero-order chi connectivity index (χ0) is 11.7. The fourth-order valence-electron chi connectivity index (χ4n) is 1.54. The Labute approximate surface area is 90.8 Å². The van der Waals surface area contributed by atoms with Gasteiger partial charge in [-0.2, -0.15) is 0 Å². The molecular weight excluding hydrogens is 212 g/mol. The lowest BCUT2D eigenvalue weighted by molar-refractivity contribution is 0.334. The van der Waals surface area contributed by atoms with Crippen LogP contribution in [0.2, 0.25) is 0 Å². The van der Waals surface area contributed by atoms with Crippen LogP contribution in [0.3, 0.4) is 0 Å². The standard InChI is InChI=1S/C11H10O5/c1-14-8-5-7-9(6(12)3-4-16-7)10(13)11(8)15-2/h3-5,13H,1-2H3. The molecule has 16 heavy (non-hydrogen) atoms. The van der Waals surface area contributed by atoms with Crippen LogP contribution >= 0.6 is 0 Å². The summed E-state index contributed by atoms with van der Waals surface area (Å²) >= 11 is 0. The smallest absolute Gasteiger partial charge is 0.204 e. The van der Waals surface area contributed by atoms with Crippen molar-refractivity contribution < 1.29 is 19.0 Å². The molecule has 2 aromatic rings. The van der Waals surface area contributed by atoms with Gasteiger partial charge in [0.1, 0.15) is 11.0 Å². The van der Waals surface area contributed by atoms with Gasteiger partial charge in [-0.25, -0.2) is 0 Å². The third kappa shape index (κ3) is 1.37. The Bertz CT molecular complexity index is 585. The highest BCUT2D eigenvalue weighted by Crippen LogP contribution is 2.40. The SMILES string of the molecule is COc1cc2occc(=O)c2c(O)c1OC. The van der Waals surface area contributed by atoms with Gasteiger partial charge in [0.2, 0.25) is 5.75 Å². The predicted octanol–water partition coefficient (Wildman–Crippen LogP) is 1.52. The maximum Gasteiger partial charge on any atom is 0.204 e.